The molecule has 0 bridgehead atoms. The van der Waals surface area contributed by atoms with Gasteiger partial charge in [0.05, 0.1) is 5.60 Å². The molecule has 1 N–H and O–H groups in total. The van der Waals surface area contributed by atoms with Gasteiger partial charge in [0.25, 0.3) is 0 Å². The third-order valence-corrected chi connectivity index (χ3v) is 4.47. The van der Waals surface area contributed by atoms with Gasteiger partial charge in [0.1, 0.15) is 17.6 Å². The molecule has 4 heteroatoms. The van der Waals surface area contributed by atoms with Gasteiger partial charge in [-0.2, -0.15) is 5.26 Å². The van der Waals surface area contributed by atoms with Crippen molar-refractivity contribution >= 4 is 5.82 Å². The van der Waals surface area contributed by atoms with Crippen molar-refractivity contribution in [2.24, 2.45) is 0 Å². The Kier molecular flexibility index (Phi) is 3.88. The van der Waals surface area contributed by atoms with Gasteiger partial charge in [-0.05, 0) is 37.8 Å². The molecule has 2 heterocycles. The molecule has 3 rings (SSSR count). The number of nitriles is 1. The van der Waals surface area contributed by atoms with E-state index >= 15 is 0 Å². The Bertz CT molecular complexity index is 497. The van der Waals surface area contributed by atoms with Gasteiger partial charge in [-0.3, -0.25) is 0 Å². The van der Waals surface area contributed by atoms with Gasteiger partial charge in [-0.1, -0.05) is 25.3 Å². The topological polar surface area (TPSA) is 57.9 Å². The molecule has 1 saturated heterocycles. The maximum Gasteiger partial charge on any atom is 0.142 e. The number of nitrogens with zero attached hydrogens (tertiary/aromatic N) is 2. The molecule has 1 spiro atoms. The average molecular weight is 271 g/mol. The van der Waals surface area contributed by atoms with Crippen LogP contribution in [0.2, 0.25) is 0 Å². The Morgan fingerprint density at radius 2 is 2.15 bits per heavy atom. The van der Waals surface area contributed by atoms with Crippen molar-refractivity contribution in [3.63, 3.8) is 0 Å². The number of rotatable bonds is 2. The average Bonchev–Trinajstić information content (AvgIpc) is 2.48. The highest BCUT2D eigenvalue weighted by molar-refractivity contribution is 5.39. The summed E-state index contributed by atoms with van der Waals surface area (Å²) in [6, 6.07) is 8.04. The smallest absolute Gasteiger partial charge is 0.142 e. The Labute approximate surface area is 120 Å². The second-order valence-corrected chi connectivity index (χ2v) is 5.95. The van der Waals surface area contributed by atoms with Crippen LogP contribution in [0.3, 0.4) is 0 Å². The highest BCUT2D eigenvalue weighted by Gasteiger charge is 2.38. The second-order valence-electron chi connectivity index (χ2n) is 5.95. The summed E-state index contributed by atoms with van der Waals surface area (Å²) < 4.78 is 6.11. The molecule has 0 aromatic carbocycles. The lowest BCUT2D eigenvalue weighted by Crippen LogP contribution is -2.45. The van der Waals surface area contributed by atoms with E-state index in [4.69, 9.17) is 10.00 Å². The number of nitrogens with one attached hydrogen (secondary N) is 1. The Hall–Kier alpha value is -1.60. The molecule has 1 aliphatic heterocycles. The molecule has 2 fully saturated rings. The number of aromatic nitrogens is 1. The number of hydrogen-bond donors (Lipinski definition) is 1. The van der Waals surface area contributed by atoms with Crippen molar-refractivity contribution in [3.05, 3.63) is 23.9 Å². The predicted octanol–water partition coefficient (Wildman–Crippen LogP) is 3.25. The molecular weight excluding hydrogens is 250 g/mol. The van der Waals surface area contributed by atoms with Gasteiger partial charge in [-0.25, -0.2) is 4.98 Å². The van der Waals surface area contributed by atoms with E-state index in [0.29, 0.717) is 11.7 Å². The minimum absolute atomic E-state index is 0.0982. The minimum atomic E-state index is 0.0982. The van der Waals surface area contributed by atoms with Crippen LogP contribution < -0.4 is 5.32 Å². The zero-order chi connectivity index (χ0) is 13.8. The number of anilines is 1. The highest BCUT2D eigenvalue weighted by Crippen LogP contribution is 2.39. The van der Waals surface area contributed by atoms with Crippen LogP contribution in [-0.4, -0.2) is 23.2 Å². The lowest BCUT2D eigenvalue weighted by Gasteiger charge is -2.43. The van der Waals surface area contributed by atoms with Crippen molar-refractivity contribution < 1.29 is 4.74 Å². The van der Waals surface area contributed by atoms with Crippen LogP contribution in [0.4, 0.5) is 5.82 Å². The molecule has 1 atom stereocenters. The fourth-order valence-electron chi connectivity index (χ4n) is 3.48. The van der Waals surface area contributed by atoms with Crippen molar-refractivity contribution in [1.82, 2.24) is 4.98 Å². The van der Waals surface area contributed by atoms with Gasteiger partial charge in [-0.15, -0.1) is 0 Å². The molecule has 1 unspecified atom stereocenters. The van der Waals surface area contributed by atoms with E-state index < -0.39 is 0 Å². The van der Waals surface area contributed by atoms with E-state index in [1.807, 2.05) is 12.1 Å². The van der Waals surface area contributed by atoms with Gasteiger partial charge in [0, 0.05) is 12.6 Å². The van der Waals surface area contributed by atoms with E-state index in [-0.39, 0.29) is 5.60 Å². The molecule has 1 aromatic rings. The van der Waals surface area contributed by atoms with Gasteiger partial charge >= 0.3 is 0 Å². The number of hydrogen-bond acceptors (Lipinski definition) is 4. The van der Waals surface area contributed by atoms with Crippen LogP contribution in [0.1, 0.15) is 50.6 Å². The van der Waals surface area contributed by atoms with Crippen LogP contribution in [-0.2, 0) is 4.74 Å². The third-order valence-electron chi connectivity index (χ3n) is 4.47. The van der Waals surface area contributed by atoms with Crippen molar-refractivity contribution in [2.75, 3.05) is 11.9 Å². The first-order chi connectivity index (χ1) is 9.80. The maximum absolute atomic E-state index is 8.91. The summed E-state index contributed by atoms with van der Waals surface area (Å²) in [7, 11) is 0. The molecule has 106 valence electrons. The molecule has 1 saturated carbocycles. The summed E-state index contributed by atoms with van der Waals surface area (Å²) >= 11 is 0. The van der Waals surface area contributed by atoms with E-state index in [1.54, 1.807) is 6.07 Å². The fourth-order valence-corrected chi connectivity index (χ4v) is 3.48. The van der Waals surface area contributed by atoms with Gasteiger partial charge < -0.3 is 10.1 Å². The summed E-state index contributed by atoms with van der Waals surface area (Å²) in [4.78, 5) is 4.31. The predicted molar refractivity (Wildman–Crippen MR) is 77.4 cm³/mol. The van der Waals surface area contributed by atoms with Gasteiger partial charge in [0.2, 0.25) is 0 Å². The van der Waals surface area contributed by atoms with Crippen molar-refractivity contribution in [1.29, 1.82) is 5.26 Å². The van der Waals surface area contributed by atoms with E-state index in [1.165, 1.54) is 32.1 Å². The lowest BCUT2D eigenvalue weighted by molar-refractivity contribution is -0.103. The summed E-state index contributed by atoms with van der Waals surface area (Å²) in [5, 5.41) is 12.4. The van der Waals surface area contributed by atoms with Crippen LogP contribution >= 0.6 is 0 Å². The molecule has 20 heavy (non-hydrogen) atoms. The molecular formula is C16H21N3O. The van der Waals surface area contributed by atoms with Crippen molar-refractivity contribution in [2.45, 2.75) is 56.6 Å². The molecule has 0 radical (unpaired) electrons. The van der Waals surface area contributed by atoms with Gasteiger partial charge in [0.15, 0.2) is 0 Å². The highest BCUT2D eigenvalue weighted by atomic mass is 16.5. The van der Waals surface area contributed by atoms with Crippen LogP contribution in [0.25, 0.3) is 0 Å². The third kappa shape index (κ3) is 2.94. The molecule has 1 aromatic heterocycles. The first-order valence-electron chi connectivity index (χ1n) is 7.57. The van der Waals surface area contributed by atoms with E-state index in [0.717, 1.165) is 25.3 Å². The Morgan fingerprint density at radius 3 is 2.95 bits per heavy atom. The summed E-state index contributed by atoms with van der Waals surface area (Å²) in [5.74, 6) is 0.807. The van der Waals surface area contributed by atoms with Crippen LogP contribution in [0.5, 0.6) is 0 Å². The second kappa shape index (κ2) is 5.80. The summed E-state index contributed by atoms with van der Waals surface area (Å²) in [5.41, 5.74) is 0.565. The molecule has 0 amide bonds. The zero-order valence-electron chi connectivity index (χ0n) is 11.8. The first kappa shape index (κ1) is 13.4. The van der Waals surface area contributed by atoms with E-state index in [2.05, 4.69) is 16.4 Å². The normalized spacial score (nSPS) is 25.1. The Balaban J connectivity index is 1.66. The molecule has 4 nitrogen and oxygen atoms in total. The zero-order valence-corrected chi connectivity index (χ0v) is 11.8. The van der Waals surface area contributed by atoms with Crippen LogP contribution in [0.15, 0.2) is 18.2 Å². The summed E-state index contributed by atoms with van der Waals surface area (Å²) in [6.07, 6.45) is 8.37. The number of ether oxygens (including phenoxy) is 1. The largest absolute Gasteiger partial charge is 0.375 e. The van der Waals surface area contributed by atoms with E-state index in [9.17, 15) is 0 Å². The molecule has 1 aliphatic carbocycles. The summed E-state index contributed by atoms with van der Waals surface area (Å²) in [6.45, 7) is 0.829. The maximum atomic E-state index is 8.91. The number of pyridine rings is 1. The Morgan fingerprint density at radius 1 is 1.30 bits per heavy atom. The minimum Gasteiger partial charge on any atom is -0.375 e. The molecule has 2 aliphatic rings. The van der Waals surface area contributed by atoms with Crippen LogP contribution in [0, 0.1) is 11.3 Å². The standard InChI is InChI=1S/C16H21N3O/c17-12-14-5-4-6-15(19-14)18-13-7-10-20-16(11-13)8-2-1-3-9-16/h4-6,13H,1-3,7-11H2,(H,18,19). The lowest BCUT2D eigenvalue weighted by atomic mass is 9.78. The fraction of sp³-hybridized carbons (Fsp3) is 0.625. The SMILES string of the molecule is N#Cc1cccc(NC2CCOC3(CCCCC3)C2)n1. The quantitative estimate of drug-likeness (QED) is 0.897. The monoisotopic (exact) mass is 271 g/mol. The first-order valence-corrected chi connectivity index (χ1v) is 7.57. The van der Waals surface area contributed by atoms with Crippen molar-refractivity contribution in [3.8, 4) is 6.07 Å².